The van der Waals surface area contributed by atoms with E-state index in [9.17, 15) is 9.59 Å². The number of aliphatic carboxylic acids is 1. The summed E-state index contributed by atoms with van der Waals surface area (Å²) in [5.74, 6) is -1.39. The fourth-order valence-corrected chi connectivity index (χ4v) is 2.59. The number of rotatable bonds is 4. The molecule has 0 bridgehead atoms. The highest BCUT2D eigenvalue weighted by molar-refractivity contribution is 8.15. The van der Waals surface area contributed by atoms with Gasteiger partial charge in [-0.1, -0.05) is 35.5 Å². The van der Waals surface area contributed by atoms with Crippen molar-refractivity contribution in [2.24, 2.45) is 10.2 Å². The number of carbonyl (C=O) groups is 2. The van der Waals surface area contributed by atoms with Gasteiger partial charge < -0.3 is 10.4 Å². The minimum atomic E-state index is -1.03. The van der Waals surface area contributed by atoms with Gasteiger partial charge in [0.05, 0.1) is 12.6 Å². The molecule has 0 aromatic heterocycles. The molecule has 0 radical (unpaired) electrons. The molecule has 8 heteroatoms. The molecule has 1 aliphatic heterocycles. The summed E-state index contributed by atoms with van der Waals surface area (Å²) in [6.07, 6.45) is 1.25. The average Bonchev–Trinajstić information content (AvgIpc) is 2.69. The van der Waals surface area contributed by atoms with Crippen LogP contribution in [0.3, 0.4) is 0 Å². The van der Waals surface area contributed by atoms with Gasteiger partial charge in [0.1, 0.15) is 5.25 Å². The van der Waals surface area contributed by atoms with Crippen LogP contribution in [0.25, 0.3) is 0 Å². The Kier molecular flexibility index (Phi) is 4.75. The second-order valence-corrected chi connectivity index (χ2v) is 5.53. The summed E-state index contributed by atoms with van der Waals surface area (Å²) in [7, 11) is 0. The molecule has 0 spiro atoms. The van der Waals surface area contributed by atoms with Gasteiger partial charge in [0, 0.05) is 5.02 Å². The summed E-state index contributed by atoms with van der Waals surface area (Å²) in [6, 6.07) is 7.06. The maximum absolute atomic E-state index is 11.5. The Hall–Kier alpha value is -1.86. The first-order valence-electron chi connectivity index (χ1n) is 5.60. The normalized spacial score (nSPS) is 20.6. The van der Waals surface area contributed by atoms with E-state index >= 15 is 0 Å². The van der Waals surface area contributed by atoms with Crippen molar-refractivity contribution >= 4 is 46.6 Å². The smallest absolute Gasteiger partial charge is 0.305 e. The highest BCUT2D eigenvalue weighted by Gasteiger charge is 2.32. The third-order valence-electron chi connectivity index (χ3n) is 2.34. The van der Waals surface area contributed by atoms with Crippen molar-refractivity contribution in [2.75, 3.05) is 0 Å². The molecule has 1 aliphatic rings. The van der Waals surface area contributed by atoms with Gasteiger partial charge in [-0.05, 0) is 17.7 Å². The molecule has 0 aliphatic carbocycles. The number of nitrogens with one attached hydrogen (secondary N) is 1. The SMILES string of the molecule is O=C(O)CC1S/C(=N/N=C/c2cccc(Cl)c2)NC1=O. The van der Waals surface area contributed by atoms with E-state index in [2.05, 4.69) is 15.5 Å². The molecule has 1 heterocycles. The lowest BCUT2D eigenvalue weighted by Gasteiger charge is -1.97. The van der Waals surface area contributed by atoms with Crippen LogP contribution in [0.5, 0.6) is 0 Å². The van der Waals surface area contributed by atoms with Crippen LogP contribution >= 0.6 is 23.4 Å². The molecular formula is C12H10ClN3O3S. The van der Waals surface area contributed by atoms with E-state index in [0.717, 1.165) is 17.3 Å². The van der Waals surface area contributed by atoms with E-state index in [1.165, 1.54) is 6.21 Å². The van der Waals surface area contributed by atoms with E-state index in [0.29, 0.717) is 10.2 Å². The van der Waals surface area contributed by atoms with Gasteiger partial charge in [0.25, 0.3) is 0 Å². The number of amides is 1. The van der Waals surface area contributed by atoms with Crippen molar-refractivity contribution in [3.63, 3.8) is 0 Å². The summed E-state index contributed by atoms with van der Waals surface area (Å²) in [6.45, 7) is 0. The summed E-state index contributed by atoms with van der Waals surface area (Å²) in [5.41, 5.74) is 0.776. The maximum Gasteiger partial charge on any atom is 0.305 e. The van der Waals surface area contributed by atoms with Crippen LogP contribution in [-0.4, -0.2) is 33.6 Å². The molecule has 104 valence electrons. The molecule has 1 saturated heterocycles. The molecular weight excluding hydrogens is 302 g/mol. The molecule has 2 rings (SSSR count). The van der Waals surface area contributed by atoms with Crippen molar-refractivity contribution in [2.45, 2.75) is 11.7 Å². The number of carboxylic acid groups (broad SMARTS) is 1. The van der Waals surface area contributed by atoms with Crippen molar-refractivity contribution in [3.05, 3.63) is 34.9 Å². The Morgan fingerprint density at radius 1 is 1.55 bits per heavy atom. The molecule has 6 nitrogen and oxygen atoms in total. The Labute approximate surface area is 123 Å². The Bertz CT molecular complexity index is 603. The summed E-state index contributed by atoms with van der Waals surface area (Å²) in [4.78, 5) is 22.0. The largest absolute Gasteiger partial charge is 0.481 e. The molecule has 2 N–H and O–H groups in total. The highest BCUT2D eigenvalue weighted by Crippen LogP contribution is 2.22. The van der Waals surface area contributed by atoms with Crippen molar-refractivity contribution in [3.8, 4) is 0 Å². The van der Waals surface area contributed by atoms with E-state index < -0.39 is 11.2 Å². The maximum atomic E-state index is 11.5. The Balaban J connectivity index is 1.99. The van der Waals surface area contributed by atoms with Crippen LogP contribution in [0, 0.1) is 0 Å². The van der Waals surface area contributed by atoms with Crippen LogP contribution < -0.4 is 5.32 Å². The lowest BCUT2D eigenvalue weighted by Crippen LogP contribution is -2.26. The molecule has 0 saturated carbocycles. The standard InChI is InChI=1S/C12H10ClN3O3S/c13-8-3-1-2-7(4-8)6-14-16-12-15-11(19)9(20-12)5-10(17)18/h1-4,6,9H,5H2,(H,17,18)(H,15,16,19)/b14-6+. The summed E-state index contributed by atoms with van der Waals surface area (Å²) < 4.78 is 0. The number of hydrogen-bond donors (Lipinski definition) is 2. The number of amidine groups is 1. The van der Waals surface area contributed by atoms with Crippen LogP contribution in [0.15, 0.2) is 34.5 Å². The Morgan fingerprint density at radius 2 is 2.35 bits per heavy atom. The predicted octanol–water partition coefficient (Wildman–Crippen LogP) is 1.74. The molecule has 1 fully saturated rings. The van der Waals surface area contributed by atoms with Gasteiger partial charge in [-0.3, -0.25) is 9.59 Å². The molecule has 1 aromatic carbocycles. The van der Waals surface area contributed by atoms with Crippen LogP contribution in [0.2, 0.25) is 5.02 Å². The Morgan fingerprint density at radius 3 is 3.05 bits per heavy atom. The molecule has 1 unspecified atom stereocenters. The fraction of sp³-hybridized carbons (Fsp3) is 0.167. The molecule has 1 aromatic rings. The highest BCUT2D eigenvalue weighted by atomic mass is 35.5. The average molecular weight is 312 g/mol. The van der Waals surface area contributed by atoms with Gasteiger partial charge in [0.15, 0.2) is 5.17 Å². The van der Waals surface area contributed by atoms with Crippen molar-refractivity contribution < 1.29 is 14.7 Å². The van der Waals surface area contributed by atoms with E-state index in [4.69, 9.17) is 16.7 Å². The number of benzene rings is 1. The monoisotopic (exact) mass is 311 g/mol. The topological polar surface area (TPSA) is 91.1 Å². The van der Waals surface area contributed by atoms with Gasteiger partial charge in [-0.25, -0.2) is 0 Å². The second kappa shape index (κ2) is 6.53. The minimum absolute atomic E-state index is 0.243. The van der Waals surface area contributed by atoms with Gasteiger partial charge in [-0.15, -0.1) is 5.10 Å². The number of halogens is 1. The van der Waals surface area contributed by atoms with E-state index in [-0.39, 0.29) is 12.3 Å². The zero-order valence-corrected chi connectivity index (χ0v) is 11.7. The lowest BCUT2D eigenvalue weighted by atomic mass is 10.2. The van der Waals surface area contributed by atoms with Crippen molar-refractivity contribution in [1.29, 1.82) is 0 Å². The van der Waals surface area contributed by atoms with Crippen LogP contribution in [-0.2, 0) is 9.59 Å². The van der Waals surface area contributed by atoms with E-state index in [1.54, 1.807) is 18.2 Å². The minimum Gasteiger partial charge on any atom is -0.481 e. The molecule has 1 amide bonds. The van der Waals surface area contributed by atoms with Gasteiger partial charge in [0.2, 0.25) is 5.91 Å². The first-order chi connectivity index (χ1) is 9.54. The fourth-order valence-electron chi connectivity index (χ4n) is 1.48. The first-order valence-corrected chi connectivity index (χ1v) is 6.86. The summed E-state index contributed by atoms with van der Waals surface area (Å²) in [5, 5.41) is 19.0. The number of carboxylic acids is 1. The lowest BCUT2D eigenvalue weighted by molar-refractivity contribution is -0.138. The number of hydrogen-bond acceptors (Lipinski definition) is 5. The number of nitrogens with zero attached hydrogens (tertiary/aromatic N) is 2. The number of carbonyl (C=O) groups excluding carboxylic acids is 1. The van der Waals surface area contributed by atoms with Gasteiger partial charge in [-0.2, -0.15) is 5.10 Å². The van der Waals surface area contributed by atoms with Crippen molar-refractivity contribution in [1.82, 2.24) is 5.32 Å². The van der Waals surface area contributed by atoms with E-state index in [1.807, 2.05) is 6.07 Å². The predicted molar refractivity (Wildman–Crippen MR) is 78.3 cm³/mol. The zero-order valence-electron chi connectivity index (χ0n) is 10.1. The molecule has 20 heavy (non-hydrogen) atoms. The van der Waals surface area contributed by atoms with Crippen LogP contribution in [0.1, 0.15) is 12.0 Å². The zero-order chi connectivity index (χ0) is 14.5. The first kappa shape index (κ1) is 14.5. The third kappa shape index (κ3) is 4.07. The summed E-state index contributed by atoms with van der Waals surface area (Å²) >= 11 is 6.88. The van der Waals surface area contributed by atoms with Crippen LogP contribution in [0.4, 0.5) is 0 Å². The molecule has 1 atom stereocenters. The van der Waals surface area contributed by atoms with Gasteiger partial charge >= 0.3 is 5.97 Å². The second-order valence-electron chi connectivity index (χ2n) is 3.90. The number of thioether (sulfide) groups is 1. The quantitative estimate of drug-likeness (QED) is 0.654. The third-order valence-corrected chi connectivity index (χ3v) is 3.65.